The minimum atomic E-state index is -4.17. The van der Waals surface area contributed by atoms with Gasteiger partial charge in [-0.3, -0.25) is 0 Å². The lowest BCUT2D eigenvalue weighted by atomic mass is 10.4. The van der Waals surface area contributed by atoms with Crippen molar-refractivity contribution in [1.82, 2.24) is 5.32 Å². The Balaban J connectivity index is 2.99. The molecule has 7 heteroatoms. The lowest BCUT2D eigenvalue weighted by Gasteiger charge is -2.09. The molecule has 4 nitrogen and oxygen atoms in total. The molecule has 19 heavy (non-hydrogen) atoms. The molecule has 0 unspecified atom stereocenters. The fourth-order valence-electron chi connectivity index (χ4n) is 1.16. The van der Waals surface area contributed by atoms with E-state index >= 15 is 0 Å². The highest BCUT2D eigenvalue weighted by molar-refractivity contribution is 4.54. The maximum atomic E-state index is 11.7. The van der Waals surface area contributed by atoms with Gasteiger partial charge < -0.3 is 19.5 Å². The van der Waals surface area contributed by atoms with Crippen molar-refractivity contribution >= 4 is 0 Å². The second-order valence-corrected chi connectivity index (χ2v) is 3.98. The molecule has 0 aliphatic carbocycles. The molecule has 0 rings (SSSR count). The molecule has 0 amide bonds. The van der Waals surface area contributed by atoms with E-state index in [2.05, 4.69) is 12.2 Å². The molecule has 1 N–H and O–H groups in total. The maximum absolute atomic E-state index is 11.7. The Labute approximate surface area is 112 Å². The summed E-state index contributed by atoms with van der Waals surface area (Å²) in [5.74, 6) is 0. The Hall–Kier alpha value is -0.370. The molecule has 0 aliphatic rings. The van der Waals surface area contributed by atoms with Gasteiger partial charge in [-0.2, -0.15) is 13.2 Å². The summed E-state index contributed by atoms with van der Waals surface area (Å²) in [6.45, 7) is 4.17. The van der Waals surface area contributed by atoms with Crippen LogP contribution in [0.25, 0.3) is 0 Å². The van der Waals surface area contributed by atoms with E-state index in [-0.39, 0.29) is 13.2 Å². The van der Waals surface area contributed by atoms with Crippen LogP contribution in [-0.4, -0.2) is 58.9 Å². The van der Waals surface area contributed by atoms with Gasteiger partial charge in [0.15, 0.2) is 0 Å². The fourth-order valence-corrected chi connectivity index (χ4v) is 1.16. The van der Waals surface area contributed by atoms with Crippen molar-refractivity contribution in [3.63, 3.8) is 0 Å². The first-order valence-corrected chi connectivity index (χ1v) is 6.57. The normalized spacial score (nSPS) is 12.0. The van der Waals surface area contributed by atoms with Crippen molar-refractivity contribution in [2.45, 2.75) is 25.9 Å². The molecule has 116 valence electrons. The smallest absolute Gasteiger partial charge is 0.379 e. The van der Waals surface area contributed by atoms with Gasteiger partial charge in [0.2, 0.25) is 0 Å². The standard InChI is InChI=1S/C12H24F3NO3/c1-2-3-5-17-7-9-19-10-8-18-6-4-16-11-12(13,14)15/h16H,2-11H2,1H3. The van der Waals surface area contributed by atoms with Crippen molar-refractivity contribution in [2.24, 2.45) is 0 Å². The summed E-state index contributed by atoms with van der Waals surface area (Å²) in [5, 5.41) is 2.25. The van der Waals surface area contributed by atoms with Gasteiger partial charge in [0.1, 0.15) is 0 Å². The Morgan fingerprint density at radius 2 is 1.37 bits per heavy atom. The third-order valence-electron chi connectivity index (χ3n) is 2.13. The summed E-state index contributed by atoms with van der Waals surface area (Å²) in [6.07, 6.45) is -2.01. The number of hydrogen-bond donors (Lipinski definition) is 1. The minimum absolute atomic E-state index is 0.180. The number of alkyl halides is 3. The first-order chi connectivity index (χ1) is 9.06. The summed E-state index contributed by atoms with van der Waals surface area (Å²) >= 11 is 0. The van der Waals surface area contributed by atoms with Crippen molar-refractivity contribution in [1.29, 1.82) is 0 Å². The van der Waals surface area contributed by atoms with Gasteiger partial charge in [-0.15, -0.1) is 0 Å². The van der Waals surface area contributed by atoms with Crippen LogP contribution in [0.15, 0.2) is 0 Å². The molecular formula is C12H24F3NO3. The Bertz CT molecular complexity index is 192. The van der Waals surface area contributed by atoms with Gasteiger partial charge in [0.05, 0.1) is 39.6 Å². The van der Waals surface area contributed by atoms with Crippen molar-refractivity contribution in [2.75, 3.05) is 52.7 Å². The van der Waals surface area contributed by atoms with E-state index in [9.17, 15) is 13.2 Å². The van der Waals surface area contributed by atoms with Crippen LogP contribution in [0.1, 0.15) is 19.8 Å². The molecule has 0 saturated carbocycles. The van der Waals surface area contributed by atoms with E-state index in [0.717, 1.165) is 19.4 Å². The third kappa shape index (κ3) is 17.6. The van der Waals surface area contributed by atoms with Gasteiger partial charge >= 0.3 is 6.18 Å². The SMILES string of the molecule is CCCCOCCOCCOCCNCC(F)(F)F. The minimum Gasteiger partial charge on any atom is -0.379 e. The van der Waals surface area contributed by atoms with Gasteiger partial charge in [-0.1, -0.05) is 13.3 Å². The number of unbranched alkanes of at least 4 members (excludes halogenated alkanes) is 1. The van der Waals surface area contributed by atoms with Crippen molar-refractivity contribution in [3.8, 4) is 0 Å². The molecule has 0 atom stereocenters. The first-order valence-electron chi connectivity index (χ1n) is 6.57. The molecule has 0 spiro atoms. The predicted octanol–water partition coefficient (Wildman–Crippen LogP) is 1.99. The second-order valence-electron chi connectivity index (χ2n) is 3.98. The molecule has 0 aromatic rings. The molecule has 0 heterocycles. The highest BCUT2D eigenvalue weighted by Gasteiger charge is 2.25. The van der Waals surface area contributed by atoms with Gasteiger partial charge in [0.25, 0.3) is 0 Å². The Morgan fingerprint density at radius 3 is 1.89 bits per heavy atom. The molecule has 0 saturated heterocycles. The molecule has 0 aromatic carbocycles. The van der Waals surface area contributed by atoms with Crippen LogP contribution in [0.4, 0.5) is 13.2 Å². The highest BCUT2D eigenvalue weighted by atomic mass is 19.4. The van der Waals surface area contributed by atoms with Crippen LogP contribution in [0.5, 0.6) is 0 Å². The van der Waals surface area contributed by atoms with E-state index in [1.54, 1.807) is 0 Å². The number of hydrogen-bond acceptors (Lipinski definition) is 4. The van der Waals surface area contributed by atoms with Crippen LogP contribution in [0.3, 0.4) is 0 Å². The molecular weight excluding hydrogens is 263 g/mol. The molecule has 0 aromatic heterocycles. The lowest BCUT2D eigenvalue weighted by Crippen LogP contribution is -2.31. The van der Waals surface area contributed by atoms with E-state index in [0.29, 0.717) is 26.4 Å². The second kappa shape index (κ2) is 12.7. The maximum Gasteiger partial charge on any atom is 0.401 e. The zero-order valence-corrected chi connectivity index (χ0v) is 11.4. The number of rotatable bonds is 13. The summed E-state index contributed by atoms with van der Waals surface area (Å²) in [6, 6.07) is 0. The monoisotopic (exact) mass is 287 g/mol. The summed E-state index contributed by atoms with van der Waals surface area (Å²) in [7, 11) is 0. The quantitative estimate of drug-likeness (QED) is 0.526. The lowest BCUT2D eigenvalue weighted by molar-refractivity contribution is -0.125. The van der Waals surface area contributed by atoms with E-state index in [1.807, 2.05) is 0 Å². The molecule has 0 bridgehead atoms. The number of nitrogens with one attached hydrogen (secondary N) is 1. The largest absolute Gasteiger partial charge is 0.401 e. The van der Waals surface area contributed by atoms with E-state index < -0.39 is 12.7 Å². The topological polar surface area (TPSA) is 39.7 Å². The van der Waals surface area contributed by atoms with Crippen molar-refractivity contribution in [3.05, 3.63) is 0 Å². The average molecular weight is 287 g/mol. The Morgan fingerprint density at radius 1 is 0.842 bits per heavy atom. The Kier molecular flexibility index (Phi) is 12.4. The first kappa shape index (κ1) is 18.6. The van der Waals surface area contributed by atoms with Crippen LogP contribution in [0.2, 0.25) is 0 Å². The average Bonchev–Trinajstić information content (AvgIpc) is 2.34. The van der Waals surface area contributed by atoms with Crippen LogP contribution in [0, 0.1) is 0 Å². The van der Waals surface area contributed by atoms with Crippen LogP contribution >= 0.6 is 0 Å². The fraction of sp³-hybridized carbons (Fsp3) is 1.00. The summed E-state index contributed by atoms with van der Waals surface area (Å²) < 4.78 is 50.8. The van der Waals surface area contributed by atoms with E-state index in [4.69, 9.17) is 14.2 Å². The molecule has 0 aliphatic heterocycles. The van der Waals surface area contributed by atoms with E-state index in [1.165, 1.54) is 0 Å². The third-order valence-corrected chi connectivity index (χ3v) is 2.13. The van der Waals surface area contributed by atoms with Gasteiger partial charge in [0, 0.05) is 13.2 Å². The van der Waals surface area contributed by atoms with Crippen LogP contribution < -0.4 is 5.32 Å². The van der Waals surface area contributed by atoms with Gasteiger partial charge in [-0.25, -0.2) is 0 Å². The van der Waals surface area contributed by atoms with Crippen LogP contribution in [-0.2, 0) is 14.2 Å². The number of halogens is 3. The molecule has 0 fully saturated rings. The predicted molar refractivity (Wildman–Crippen MR) is 66.3 cm³/mol. The summed E-state index contributed by atoms with van der Waals surface area (Å²) in [4.78, 5) is 0. The molecule has 0 radical (unpaired) electrons. The van der Waals surface area contributed by atoms with Crippen molar-refractivity contribution < 1.29 is 27.4 Å². The number of ether oxygens (including phenoxy) is 3. The highest BCUT2D eigenvalue weighted by Crippen LogP contribution is 2.11. The summed E-state index contributed by atoms with van der Waals surface area (Å²) in [5.41, 5.74) is 0. The zero-order valence-electron chi connectivity index (χ0n) is 11.4. The zero-order chi connectivity index (χ0) is 14.4. The van der Waals surface area contributed by atoms with Gasteiger partial charge in [-0.05, 0) is 6.42 Å².